The van der Waals surface area contributed by atoms with Gasteiger partial charge in [-0.2, -0.15) is 0 Å². The van der Waals surface area contributed by atoms with E-state index in [1.165, 1.54) is 0 Å². The second kappa shape index (κ2) is 6.61. The van der Waals surface area contributed by atoms with E-state index in [0.717, 1.165) is 11.3 Å². The Kier molecular flexibility index (Phi) is 4.60. The average molecular weight is 271 g/mol. The van der Waals surface area contributed by atoms with Crippen molar-refractivity contribution in [3.63, 3.8) is 0 Å². The van der Waals surface area contributed by atoms with Crippen molar-refractivity contribution in [3.05, 3.63) is 54.1 Å². The SMILES string of the molecule is COc1cccc(OCC(=O)Nc2ccccc2C)c1. The van der Waals surface area contributed by atoms with Crippen molar-refractivity contribution in [2.24, 2.45) is 0 Å². The lowest BCUT2D eigenvalue weighted by atomic mass is 10.2. The molecule has 0 saturated carbocycles. The topological polar surface area (TPSA) is 47.6 Å². The molecule has 104 valence electrons. The smallest absolute Gasteiger partial charge is 0.262 e. The summed E-state index contributed by atoms with van der Waals surface area (Å²) in [5.74, 6) is 1.10. The molecule has 0 heterocycles. The van der Waals surface area contributed by atoms with Crippen LogP contribution in [-0.4, -0.2) is 19.6 Å². The quantitative estimate of drug-likeness (QED) is 0.909. The highest BCUT2D eigenvalue weighted by molar-refractivity contribution is 5.92. The van der Waals surface area contributed by atoms with Gasteiger partial charge >= 0.3 is 0 Å². The molecule has 0 aliphatic heterocycles. The molecular weight excluding hydrogens is 254 g/mol. The lowest BCUT2D eigenvalue weighted by Gasteiger charge is -2.10. The van der Waals surface area contributed by atoms with Crippen LogP contribution in [0.3, 0.4) is 0 Å². The summed E-state index contributed by atoms with van der Waals surface area (Å²) >= 11 is 0. The molecule has 0 unspecified atom stereocenters. The molecule has 2 aromatic carbocycles. The number of methoxy groups -OCH3 is 1. The van der Waals surface area contributed by atoms with E-state index in [1.54, 1.807) is 19.2 Å². The first-order chi connectivity index (χ1) is 9.69. The maximum atomic E-state index is 11.8. The fraction of sp³-hybridized carbons (Fsp3) is 0.188. The molecule has 1 N–H and O–H groups in total. The average Bonchev–Trinajstić information content (AvgIpc) is 2.48. The summed E-state index contributed by atoms with van der Waals surface area (Å²) in [4.78, 5) is 11.8. The molecule has 4 heteroatoms. The van der Waals surface area contributed by atoms with Crippen LogP contribution in [0.5, 0.6) is 11.5 Å². The van der Waals surface area contributed by atoms with Crippen LogP contribution in [0.1, 0.15) is 5.56 Å². The minimum atomic E-state index is -0.192. The molecule has 0 atom stereocenters. The maximum Gasteiger partial charge on any atom is 0.262 e. The number of rotatable bonds is 5. The van der Waals surface area contributed by atoms with E-state index in [9.17, 15) is 4.79 Å². The van der Waals surface area contributed by atoms with Crippen molar-refractivity contribution in [1.82, 2.24) is 0 Å². The fourth-order valence-corrected chi connectivity index (χ4v) is 1.74. The van der Waals surface area contributed by atoms with Gasteiger partial charge in [0.15, 0.2) is 6.61 Å². The Hall–Kier alpha value is -2.49. The Morgan fingerprint density at radius 2 is 1.85 bits per heavy atom. The Morgan fingerprint density at radius 3 is 2.60 bits per heavy atom. The third kappa shape index (κ3) is 3.75. The normalized spacial score (nSPS) is 9.90. The Bertz CT molecular complexity index is 596. The summed E-state index contributed by atoms with van der Waals surface area (Å²) in [7, 11) is 1.59. The first-order valence-electron chi connectivity index (χ1n) is 6.31. The molecule has 0 fully saturated rings. The molecule has 0 saturated heterocycles. The number of carbonyl (C=O) groups is 1. The van der Waals surface area contributed by atoms with Gasteiger partial charge in [-0.25, -0.2) is 0 Å². The van der Waals surface area contributed by atoms with E-state index in [1.807, 2.05) is 43.3 Å². The third-order valence-corrected chi connectivity index (χ3v) is 2.83. The van der Waals surface area contributed by atoms with E-state index < -0.39 is 0 Å². The number of amides is 1. The standard InChI is InChI=1S/C16H17NO3/c1-12-6-3-4-9-15(12)17-16(18)11-20-14-8-5-7-13(10-14)19-2/h3-10H,11H2,1-2H3,(H,17,18). The van der Waals surface area contributed by atoms with Gasteiger partial charge in [0.1, 0.15) is 11.5 Å². The number of aryl methyl sites for hydroxylation is 1. The summed E-state index contributed by atoms with van der Waals surface area (Å²) in [5, 5.41) is 2.81. The van der Waals surface area contributed by atoms with Crippen molar-refractivity contribution < 1.29 is 14.3 Å². The molecule has 0 bridgehead atoms. The second-order valence-corrected chi connectivity index (χ2v) is 4.33. The number of hydrogen-bond acceptors (Lipinski definition) is 3. The number of anilines is 1. The van der Waals surface area contributed by atoms with Crippen molar-refractivity contribution in [2.45, 2.75) is 6.92 Å². The van der Waals surface area contributed by atoms with Crippen molar-refractivity contribution >= 4 is 11.6 Å². The molecule has 2 aromatic rings. The van der Waals surface area contributed by atoms with Gasteiger partial charge < -0.3 is 14.8 Å². The highest BCUT2D eigenvalue weighted by Gasteiger charge is 2.05. The molecule has 0 aromatic heterocycles. The van der Waals surface area contributed by atoms with Gasteiger partial charge in [0.05, 0.1) is 7.11 Å². The van der Waals surface area contributed by atoms with Crippen molar-refractivity contribution in [3.8, 4) is 11.5 Å². The number of benzene rings is 2. The molecular formula is C16H17NO3. The highest BCUT2D eigenvalue weighted by atomic mass is 16.5. The Balaban J connectivity index is 1.90. The summed E-state index contributed by atoms with van der Waals surface area (Å²) in [6.45, 7) is 1.90. The highest BCUT2D eigenvalue weighted by Crippen LogP contribution is 2.19. The molecule has 1 amide bonds. The van der Waals surface area contributed by atoms with E-state index in [2.05, 4.69) is 5.32 Å². The molecule has 0 spiro atoms. The summed E-state index contributed by atoms with van der Waals surface area (Å²) in [5.41, 5.74) is 1.81. The first-order valence-corrected chi connectivity index (χ1v) is 6.31. The fourth-order valence-electron chi connectivity index (χ4n) is 1.74. The van der Waals surface area contributed by atoms with Crippen LogP contribution in [0.15, 0.2) is 48.5 Å². The largest absolute Gasteiger partial charge is 0.497 e. The number of para-hydroxylation sites is 1. The molecule has 4 nitrogen and oxygen atoms in total. The zero-order chi connectivity index (χ0) is 14.4. The Morgan fingerprint density at radius 1 is 1.10 bits per heavy atom. The summed E-state index contributed by atoms with van der Waals surface area (Å²) in [6.07, 6.45) is 0. The van der Waals surface area contributed by atoms with Gasteiger partial charge in [0.2, 0.25) is 0 Å². The van der Waals surface area contributed by atoms with Crippen molar-refractivity contribution in [1.29, 1.82) is 0 Å². The van der Waals surface area contributed by atoms with Crippen LogP contribution >= 0.6 is 0 Å². The van der Waals surface area contributed by atoms with E-state index in [-0.39, 0.29) is 12.5 Å². The van der Waals surface area contributed by atoms with Gasteiger partial charge in [-0.3, -0.25) is 4.79 Å². The van der Waals surface area contributed by atoms with Gasteiger partial charge in [0.25, 0.3) is 5.91 Å². The van der Waals surface area contributed by atoms with E-state index in [0.29, 0.717) is 11.5 Å². The third-order valence-electron chi connectivity index (χ3n) is 2.83. The van der Waals surface area contributed by atoms with Gasteiger partial charge in [-0.1, -0.05) is 24.3 Å². The summed E-state index contributed by atoms with van der Waals surface area (Å²) in [6, 6.07) is 14.8. The molecule has 0 aliphatic rings. The molecule has 20 heavy (non-hydrogen) atoms. The zero-order valence-corrected chi connectivity index (χ0v) is 11.6. The number of carbonyl (C=O) groups excluding carboxylic acids is 1. The summed E-state index contributed by atoms with van der Waals surface area (Å²) < 4.78 is 10.5. The van der Waals surface area contributed by atoms with E-state index in [4.69, 9.17) is 9.47 Å². The Labute approximate surface area is 118 Å². The van der Waals surface area contributed by atoms with Crippen LogP contribution in [0.25, 0.3) is 0 Å². The van der Waals surface area contributed by atoms with Crippen LogP contribution in [0, 0.1) is 6.92 Å². The van der Waals surface area contributed by atoms with E-state index >= 15 is 0 Å². The second-order valence-electron chi connectivity index (χ2n) is 4.33. The zero-order valence-electron chi connectivity index (χ0n) is 11.6. The van der Waals surface area contributed by atoms with Gasteiger partial charge in [-0.15, -0.1) is 0 Å². The van der Waals surface area contributed by atoms with Gasteiger partial charge in [0, 0.05) is 11.8 Å². The molecule has 0 aliphatic carbocycles. The van der Waals surface area contributed by atoms with Gasteiger partial charge in [-0.05, 0) is 30.7 Å². The van der Waals surface area contributed by atoms with Crippen molar-refractivity contribution in [2.75, 3.05) is 19.0 Å². The maximum absolute atomic E-state index is 11.8. The molecule has 2 rings (SSSR count). The number of hydrogen-bond donors (Lipinski definition) is 1. The monoisotopic (exact) mass is 271 g/mol. The lowest BCUT2D eigenvalue weighted by molar-refractivity contribution is -0.118. The molecule has 0 radical (unpaired) electrons. The predicted octanol–water partition coefficient (Wildman–Crippen LogP) is 3.02. The number of nitrogens with one attached hydrogen (secondary N) is 1. The minimum Gasteiger partial charge on any atom is -0.497 e. The van der Waals surface area contributed by atoms with Crippen LogP contribution in [0.2, 0.25) is 0 Å². The van der Waals surface area contributed by atoms with Crippen LogP contribution < -0.4 is 14.8 Å². The number of ether oxygens (including phenoxy) is 2. The van der Waals surface area contributed by atoms with Crippen LogP contribution in [0.4, 0.5) is 5.69 Å². The minimum absolute atomic E-state index is 0.0402. The lowest BCUT2D eigenvalue weighted by Crippen LogP contribution is -2.20. The predicted molar refractivity (Wildman–Crippen MR) is 78.3 cm³/mol. The van der Waals surface area contributed by atoms with Crippen LogP contribution in [-0.2, 0) is 4.79 Å². The first kappa shape index (κ1) is 13.9.